The van der Waals surface area contributed by atoms with E-state index >= 15 is 0 Å². The molecular weight excluding hydrogens is 138 g/mol. The first-order chi connectivity index (χ1) is 5.35. The maximum Gasteiger partial charge on any atom is 0.0384 e. The summed E-state index contributed by atoms with van der Waals surface area (Å²) >= 11 is 0. The summed E-state index contributed by atoms with van der Waals surface area (Å²) in [7, 11) is 0. The Hall–Kier alpha value is -0.690. The van der Waals surface area contributed by atoms with Gasteiger partial charge in [0, 0.05) is 11.0 Å². The zero-order chi connectivity index (χ0) is 7.73. The molecule has 3 heteroatoms. The van der Waals surface area contributed by atoms with Crippen LogP contribution in [0.5, 0.6) is 0 Å². The van der Waals surface area contributed by atoms with Gasteiger partial charge in [0.2, 0.25) is 0 Å². The van der Waals surface area contributed by atoms with Gasteiger partial charge in [0.05, 0.1) is 0 Å². The average Bonchev–Trinajstić information content (AvgIpc) is 2.35. The normalized spacial score (nSPS) is 28.0. The molecule has 0 aromatic heterocycles. The van der Waals surface area contributed by atoms with Crippen LogP contribution in [0.15, 0.2) is 5.11 Å². The highest BCUT2D eigenvalue weighted by Crippen LogP contribution is 2.54. The van der Waals surface area contributed by atoms with E-state index < -0.39 is 0 Å². The predicted octanol–water partition coefficient (Wildman–Crippen LogP) is 3.02. The van der Waals surface area contributed by atoms with E-state index in [1.54, 1.807) is 0 Å². The van der Waals surface area contributed by atoms with Gasteiger partial charge in [-0.3, -0.25) is 0 Å². The maximum absolute atomic E-state index is 8.19. The molecule has 2 rings (SSSR count). The van der Waals surface area contributed by atoms with Gasteiger partial charge in [0.1, 0.15) is 0 Å². The van der Waals surface area contributed by atoms with Crippen molar-refractivity contribution in [3.63, 3.8) is 0 Å². The van der Waals surface area contributed by atoms with E-state index in [1.165, 1.54) is 25.7 Å². The summed E-state index contributed by atoms with van der Waals surface area (Å²) in [5.41, 5.74) is 8.82. The van der Waals surface area contributed by atoms with Crippen LogP contribution in [0.25, 0.3) is 10.4 Å². The van der Waals surface area contributed by atoms with Crippen LogP contribution in [0.2, 0.25) is 0 Å². The van der Waals surface area contributed by atoms with Gasteiger partial charge in [0.15, 0.2) is 0 Å². The van der Waals surface area contributed by atoms with E-state index in [9.17, 15) is 0 Å². The van der Waals surface area contributed by atoms with Crippen molar-refractivity contribution in [2.75, 3.05) is 0 Å². The smallest absolute Gasteiger partial charge is 0.0384 e. The number of azide groups is 1. The number of rotatable bonds is 1. The lowest BCUT2D eigenvalue weighted by atomic mass is 9.65. The number of hydrogen-bond donors (Lipinski definition) is 0. The molecule has 2 aliphatic carbocycles. The average molecular weight is 151 g/mol. The Balaban J connectivity index is 1.90. The van der Waals surface area contributed by atoms with Gasteiger partial charge in [-0.25, -0.2) is 0 Å². The Morgan fingerprint density at radius 1 is 1.27 bits per heavy atom. The van der Waals surface area contributed by atoms with Gasteiger partial charge < -0.3 is 0 Å². The quantitative estimate of drug-likeness (QED) is 0.314. The summed E-state index contributed by atoms with van der Waals surface area (Å²) in [6.45, 7) is 0. The molecule has 0 aromatic rings. The molecule has 0 N–H and O–H groups in total. The van der Waals surface area contributed by atoms with Crippen LogP contribution >= 0.6 is 0 Å². The van der Waals surface area contributed by atoms with Gasteiger partial charge in [-0.2, -0.15) is 0 Å². The van der Waals surface area contributed by atoms with Gasteiger partial charge in [0.25, 0.3) is 0 Å². The highest BCUT2D eigenvalue weighted by molar-refractivity contribution is 4.99. The molecule has 2 saturated carbocycles. The summed E-state index contributed by atoms with van der Waals surface area (Å²) in [6.07, 6.45) is 7.87. The molecule has 60 valence electrons. The molecule has 2 fully saturated rings. The fourth-order valence-corrected chi connectivity index (χ4v) is 2.63. The molecule has 0 radical (unpaired) electrons. The topological polar surface area (TPSA) is 48.8 Å². The predicted molar refractivity (Wildman–Crippen MR) is 43.1 cm³/mol. The van der Waals surface area contributed by atoms with Crippen molar-refractivity contribution in [1.82, 2.24) is 0 Å². The van der Waals surface area contributed by atoms with Crippen molar-refractivity contribution in [2.45, 2.75) is 44.6 Å². The molecule has 0 atom stereocenters. The third-order valence-electron chi connectivity index (χ3n) is 3.22. The van der Waals surface area contributed by atoms with Crippen LogP contribution in [0.1, 0.15) is 38.5 Å². The minimum absolute atomic E-state index is 0.332. The molecule has 0 saturated heterocycles. The first-order valence-corrected chi connectivity index (χ1v) is 4.39. The van der Waals surface area contributed by atoms with Crippen molar-refractivity contribution in [3.8, 4) is 0 Å². The molecule has 3 nitrogen and oxygen atoms in total. The van der Waals surface area contributed by atoms with Crippen LogP contribution in [0.3, 0.4) is 0 Å². The van der Waals surface area contributed by atoms with Crippen LogP contribution in [-0.4, -0.2) is 6.04 Å². The van der Waals surface area contributed by atoms with Crippen molar-refractivity contribution in [2.24, 2.45) is 10.5 Å². The van der Waals surface area contributed by atoms with Crippen LogP contribution in [0.4, 0.5) is 0 Å². The summed E-state index contributed by atoms with van der Waals surface area (Å²) in [5, 5.41) is 3.73. The fraction of sp³-hybridized carbons (Fsp3) is 1.00. The zero-order valence-electron chi connectivity index (χ0n) is 6.66. The lowest BCUT2D eigenvalue weighted by molar-refractivity contribution is 0.113. The standard InChI is InChI=1S/C8H13N3/c9-11-10-7-5-8(6-7)3-1-2-4-8/h7H,1-6H2. The Kier molecular flexibility index (Phi) is 1.53. The first-order valence-electron chi connectivity index (χ1n) is 4.39. The fourth-order valence-electron chi connectivity index (χ4n) is 2.63. The van der Waals surface area contributed by atoms with Crippen molar-refractivity contribution in [3.05, 3.63) is 10.4 Å². The molecule has 0 heterocycles. The van der Waals surface area contributed by atoms with Crippen LogP contribution < -0.4 is 0 Å². The molecule has 0 aromatic carbocycles. The lowest BCUT2D eigenvalue weighted by Crippen LogP contribution is -2.37. The molecule has 2 aliphatic rings. The minimum Gasteiger partial charge on any atom is -0.0906 e. The molecule has 0 unspecified atom stereocenters. The van der Waals surface area contributed by atoms with E-state index in [0.29, 0.717) is 11.5 Å². The second-order valence-electron chi connectivity index (χ2n) is 3.97. The number of nitrogens with zero attached hydrogens (tertiary/aromatic N) is 3. The van der Waals surface area contributed by atoms with Crippen molar-refractivity contribution >= 4 is 0 Å². The largest absolute Gasteiger partial charge is 0.0906 e. The minimum atomic E-state index is 0.332. The summed E-state index contributed by atoms with van der Waals surface area (Å²) in [5.74, 6) is 0. The molecule has 0 bridgehead atoms. The van der Waals surface area contributed by atoms with Gasteiger partial charge in [-0.15, -0.1) is 0 Å². The Bertz CT molecular complexity index is 191. The monoisotopic (exact) mass is 151 g/mol. The Morgan fingerprint density at radius 2 is 1.91 bits per heavy atom. The summed E-state index contributed by atoms with van der Waals surface area (Å²) in [6, 6.07) is 0.332. The molecular formula is C8H13N3. The van der Waals surface area contributed by atoms with Crippen molar-refractivity contribution < 1.29 is 0 Å². The SMILES string of the molecule is [N-]=[N+]=NC1CC2(CCCC2)C1. The summed E-state index contributed by atoms with van der Waals surface area (Å²) < 4.78 is 0. The van der Waals surface area contributed by atoms with Crippen LogP contribution in [-0.2, 0) is 0 Å². The van der Waals surface area contributed by atoms with Crippen molar-refractivity contribution in [1.29, 1.82) is 0 Å². The molecule has 0 amide bonds. The Morgan fingerprint density at radius 3 is 2.45 bits per heavy atom. The highest BCUT2D eigenvalue weighted by atomic mass is 15.2. The highest BCUT2D eigenvalue weighted by Gasteiger charge is 2.44. The molecule has 1 spiro atoms. The van der Waals surface area contributed by atoms with E-state index in [0.717, 1.165) is 12.8 Å². The first kappa shape index (κ1) is 6.99. The van der Waals surface area contributed by atoms with E-state index in [1.807, 2.05) is 0 Å². The maximum atomic E-state index is 8.19. The third-order valence-corrected chi connectivity index (χ3v) is 3.22. The van der Waals surface area contributed by atoms with Gasteiger partial charge in [-0.05, 0) is 36.6 Å². The van der Waals surface area contributed by atoms with E-state index in [4.69, 9.17) is 5.53 Å². The second-order valence-corrected chi connectivity index (χ2v) is 3.97. The van der Waals surface area contributed by atoms with E-state index in [2.05, 4.69) is 10.0 Å². The lowest BCUT2D eigenvalue weighted by Gasteiger charge is -2.43. The molecule has 11 heavy (non-hydrogen) atoms. The second kappa shape index (κ2) is 2.42. The number of hydrogen-bond acceptors (Lipinski definition) is 1. The molecule has 0 aliphatic heterocycles. The van der Waals surface area contributed by atoms with Gasteiger partial charge in [-0.1, -0.05) is 18.0 Å². The van der Waals surface area contributed by atoms with Gasteiger partial charge >= 0.3 is 0 Å². The van der Waals surface area contributed by atoms with Crippen LogP contribution in [0, 0.1) is 5.41 Å². The zero-order valence-corrected chi connectivity index (χ0v) is 6.66. The summed E-state index contributed by atoms with van der Waals surface area (Å²) in [4.78, 5) is 2.84. The Labute approximate surface area is 66.4 Å². The third kappa shape index (κ3) is 1.10. The van der Waals surface area contributed by atoms with E-state index in [-0.39, 0.29) is 0 Å².